The first-order valence-electron chi connectivity index (χ1n) is 11.2. The highest BCUT2D eigenvalue weighted by Crippen LogP contribution is 2.26. The molecule has 0 saturated heterocycles. The number of anilines is 1. The third-order valence-electron chi connectivity index (χ3n) is 5.96. The molecule has 0 saturated carbocycles. The zero-order chi connectivity index (χ0) is 25.4. The molecule has 180 valence electrons. The van der Waals surface area contributed by atoms with Crippen LogP contribution in [0, 0.1) is 30.9 Å². The number of nitrogens with zero attached hydrogens (tertiary/aromatic N) is 7. The summed E-state index contributed by atoms with van der Waals surface area (Å²) >= 11 is 0. The van der Waals surface area contributed by atoms with Crippen LogP contribution in [0.5, 0.6) is 0 Å². The van der Waals surface area contributed by atoms with Crippen molar-refractivity contribution in [2.45, 2.75) is 27.2 Å². The molecule has 36 heavy (non-hydrogen) atoms. The molecule has 0 fully saturated rings. The van der Waals surface area contributed by atoms with Crippen LogP contribution < -0.4 is 5.32 Å². The highest BCUT2D eigenvalue weighted by Gasteiger charge is 2.18. The van der Waals surface area contributed by atoms with Crippen molar-refractivity contribution in [1.29, 1.82) is 0 Å². The molecule has 11 heteroatoms. The largest absolute Gasteiger partial charge is 0.310 e. The third-order valence-corrected chi connectivity index (χ3v) is 5.96. The van der Waals surface area contributed by atoms with Crippen LogP contribution in [0.4, 0.5) is 11.5 Å². The van der Waals surface area contributed by atoms with Crippen LogP contribution in [0.3, 0.4) is 0 Å². The van der Waals surface area contributed by atoms with Gasteiger partial charge < -0.3 is 5.32 Å². The van der Waals surface area contributed by atoms with E-state index < -0.39 is 4.92 Å². The SMILES string of the molecule is Cc1cc(NC(=O)Cc2ccc([N+](=O)[O-])cc2)n(-c2ncnc3c2cnn3-c2cccc(C)c2C)n1. The molecule has 3 heterocycles. The van der Waals surface area contributed by atoms with Crippen molar-refractivity contribution in [3.05, 3.63) is 93.6 Å². The fraction of sp³-hybridized carbons (Fsp3) is 0.160. The lowest BCUT2D eigenvalue weighted by atomic mass is 10.1. The van der Waals surface area contributed by atoms with Crippen molar-refractivity contribution >= 4 is 28.4 Å². The van der Waals surface area contributed by atoms with Gasteiger partial charge in [0, 0.05) is 18.2 Å². The van der Waals surface area contributed by atoms with Crippen LogP contribution in [0.25, 0.3) is 22.5 Å². The quantitative estimate of drug-likeness (QED) is 0.285. The maximum Gasteiger partial charge on any atom is 0.269 e. The molecule has 0 radical (unpaired) electrons. The monoisotopic (exact) mass is 482 g/mol. The van der Waals surface area contributed by atoms with Crippen molar-refractivity contribution in [3.8, 4) is 11.5 Å². The van der Waals surface area contributed by atoms with Gasteiger partial charge in [0.25, 0.3) is 5.69 Å². The van der Waals surface area contributed by atoms with E-state index in [0.717, 1.165) is 16.8 Å². The van der Waals surface area contributed by atoms with Gasteiger partial charge in [-0.3, -0.25) is 14.9 Å². The van der Waals surface area contributed by atoms with Gasteiger partial charge in [0.2, 0.25) is 5.91 Å². The summed E-state index contributed by atoms with van der Waals surface area (Å²) in [6, 6.07) is 13.6. The van der Waals surface area contributed by atoms with Gasteiger partial charge in [-0.05, 0) is 43.5 Å². The number of carbonyl (C=O) groups excluding carboxylic acids is 1. The lowest BCUT2D eigenvalue weighted by molar-refractivity contribution is -0.384. The lowest BCUT2D eigenvalue weighted by Crippen LogP contribution is -2.17. The van der Waals surface area contributed by atoms with Crippen LogP contribution in [-0.2, 0) is 11.2 Å². The van der Waals surface area contributed by atoms with E-state index in [1.54, 1.807) is 33.8 Å². The van der Waals surface area contributed by atoms with Gasteiger partial charge in [-0.15, -0.1) is 0 Å². The number of benzene rings is 2. The van der Waals surface area contributed by atoms with Gasteiger partial charge in [-0.2, -0.15) is 14.9 Å². The van der Waals surface area contributed by atoms with Crippen molar-refractivity contribution in [3.63, 3.8) is 0 Å². The van der Waals surface area contributed by atoms with Crippen LogP contribution >= 0.6 is 0 Å². The molecule has 5 rings (SSSR count). The third kappa shape index (κ3) is 4.17. The molecule has 0 spiro atoms. The Labute approximate surface area is 205 Å². The number of hydrogen-bond donors (Lipinski definition) is 1. The Morgan fingerprint density at radius 3 is 2.58 bits per heavy atom. The summed E-state index contributed by atoms with van der Waals surface area (Å²) in [4.78, 5) is 32.1. The second-order valence-electron chi connectivity index (χ2n) is 8.44. The van der Waals surface area contributed by atoms with E-state index in [0.29, 0.717) is 33.9 Å². The van der Waals surface area contributed by atoms with Crippen molar-refractivity contribution in [2.75, 3.05) is 5.32 Å². The van der Waals surface area contributed by atoms with Crippen LogP contribution in [0.1, 0.15) is 22.4 Å². The Morgan fingerprint density at radius 2 is 1.83 bits per heavy atom. The molecular formula is C25H22N8O3. The second-order valence-corrected chi connectivity index (χ2v) is 8.44. The number of carbonyl (C=O) groups is 1. The number of nitro benzene ring substituents is 1. The van der Waals surface area contributed by atoms with E-state index in [-0.39, 0.29) is 18.0 Å². The maximum atomic E-state index is 12.8. The van der Waals surface area contributed by atoms with Gasteiger partial charge >= 0.3 is 0 Å². The van der Waals surface area contributed by atoms with E-state index in [2.05, 4.69) is 25.5 Å². The molecule has 11 nitrogen and oxygen atoms in total. The number of nitrogens with one attached hydrogen (secondary N) is 1. The summed E-state index contributed by atoms with van der Waals surface area (Å²) in [5.74, 6) is 0.635. The minimum atomic E-state index is -0.476. The summed E-state index contributed by atoms with van der Waals surface area (Å²) < 4.78 is 3.33. The minimum Gasteiger partial charge on any atom is -0.310 e. The highest BCUT2D eigenvalue weighted by molar-refractivity contribution is 5.92. The Hall–Kier alpha value is -4.93. The van der Waals surface area contributed by atoms with Crippen molar-refractivity contribution in [2.24, 2.45) is 0 Å². The van der Waals surface area contributed by atoms with Gasteiger partial charge in [-0.25, -0.2) is 14.6 Å². The standard InChI is InChI=1S/C25H22N8O3/c1-15-5-4-6-21(17(15)3)31-24-20(13-28-31)25(27-14-26-24)32-22(11-16(2)30-32)29-23(34)12-18-7-9-19(10-8-18)33(35)36/h4-11,13-14H,12H2,1-3H3,(H,29,34). The first kappa shape index (κ1) is 22.8. The molecule has 5 aromatic rings. The molecule has 0 aliphatic heterocycles. The lowest BCUT2D eigenvalue weighted by Gasteiger charge is -2.11. The summed E-state index contributed by atoms with van der Waals surface area (Å²) in [6.45, 7) is 5.90. The molecule has 3 aromatic heterocycles. The summed E-state index contributed by atoms with van der Waals surface area (Å²) in [7, 11) is 0. The van der Waals surface area contributed by atoms with Gasteiger partial charge in [0.05, 0.1) is 34.3 Å². The zero-order valence-electron chi connectivity index (χ0n) is 19.8. The number of non-ortho nitro benzene ring substituents is 1. The average molecular weight is 483 g/mol. The Bertz CT molecular complexity index is 1620. The maximum absolute atomic E-state index is 12.8. The molecule has 0 unspecified atom stereocenters. The number of aryl methyl sites for hydroxylation is 2. The van der Waals surface area contributed by atoms with Crippen LogP contribution in [0.2, 0.25) is 0 Å². The Morgan fingerprint density at radius 1 is 1.06 bits per heavy atom. The van der Waals surface area contributed by atoms with E-state index in [1.165, 1.54) is 18.5 Å². The average Bonchev–Trinajstić information content (AvgIpc) is 3.44. The number of amides is 1. The highest BCUT2D eigenvalue weighted by atomic mass is 16.6. The first-order valence-corrected chi connectivity index (χ1v) is 11.2. The fourth-order valence-corrected chi connectivity index (χ4v) is 4.00. The second kappa shape index (κ2) is 9.02. The van der Waals surface area contributed by atoms with Crippen LogP contribution in [-0.4, -0.2) is 40.4 Å². The smallest absolute Gasteiger partial charge is 0.269 e. The van der Waals surface area contributed by atoms with Gasteiger partial charge in [-0.1, -0.05) is 24.3 Å². The molecule has 0 aliphatic carbocycles. The number of nitro groups is 1. The number of fused-ring (bicyclic) bond motifs is 1. The number of hydrogen-bond acceptors (Lipinski definition) is 7. The number of rotatable bonds is 6. The van der Waals surface area contributed by atoms with E-state index in [4.69, 9.17) is 0 Å². The van der Waals surface area contributed by atoms with E-state index in [1.807, 2.05) is 39.0 Å². The minimum absolute atomic E-state index is 0.0259. The first-order chi connectivity index (χ1) is 17.3. The number of aromatic nitrogens is 6. The molecule has 1 N–H and O–H groups in total. The van der Waals surface area contributed by atoms with Crippen molar-refractivity contribution < 1.29 is 9.72 Å². The Balaban J connectivity index is 1.47. The fourth-order valence-electron chi connectivity index (χ4n) is 4.00. The summed E-state index contributed by atoms with van der Waals surface area (Å²) in [5, 5.41) is 23.5. The Kier molecular flexibility index (Phi) is 5.72. The summed E-state index contributed by atoms with van der Waals surface area (Å²) in [5.41, 5.74) is 5.09. The molecular weight excluding hydrogens is 460 g/mol. The van der Waals surface area contributed by atoms with Gasteiger partial charge in [0.1, 0.15) is 12.1 Å². The molecule has 0 atom stereocenters. The molecule has 1 amide bonds. The molecule has 0 aliphatic rings. The topological polar surface area (TPSA) is 134 Å². The van der Waals surface area contributed by atoms with E-state index >= 15 is 0 Å². The van der Waals surface area contributed by atoms with E-state index in [9.17, 15) is 14.9 Å². The van der Waals surface area contributed by atoms with Crippen LogP contribution in [0.15, 0.2) is 61.1 Å². The van der Waals surface area contributed by atoms with Gasteiger partial charge in [0.15, 0.2) is 11.5 Å². The summed E-state index contributed by atoms with van der Waals surface area (Å²) in [6.07, 6.45) is 3.18. The normalized spacial score (nSPS) is 11.1. The predicted octanol–water partition coefficient (Wildman–Crippen LogP) is 4.02. The predicted molar refractivity (Wildman–Crippen MR) is 133 cm³/mol. The molecule has 0 bridgehead atoms. The van der Waals surface area contributed by atoms with Crippen molar-refractivity contribution in [1.82, 2.24) is 29.5 Å². The molecule has 2 aromatic carbocycles. The zero-order valence-corrected chi connectivity index (χ0v) is 19.8.